The standard InChI is InChI=1S/C19H27N3O5/c1-26-15-6-3-5-14(17(15)27-2)11-22-9-4-7-19(25,18(22)24)13-21-10-8-20-16(23)12-21/h3,5-6,25H,4,7-13H2,1-2H3,(H,20,23). The van der Waals surface area contributed by atoms with Crippen LogP contribution in [-0.2, 0) is 16.1 Å². The van der Waals surface area contributed by atoms with Crippen LogP contribution in [0.25, 0.3) is 0 Å². The van der Waals surface area contributed by atoms with Gasteiger partial charge in [-0.1, -0.05) is 12.1 Å². The van der Waals surface area contributed by atoms with Gasteiger partial charge in [-0.3, -0.25) is 14.5 Å². The van der Waals surface area contributed by atoms with Crippen molar-refractivity contribution in [2.75, 3.05) is 46.9 Å². The van der Waals surface area contributed by atoms with Gasteiger partial charge >= 0.3 is 0 Å². The summed E-state index contributed by atoms with van der Waals surface area (Å²) < 4.78 is 10.8. The lowest BCUT2D eigenvalue weighted by Gasteiger charge is -2.41. The molecule has 2 heterocycles. The van der Waals surface area contributed by atoms with E-state index in [2.05, 4.69) is 5.32 Å². The van der Waals surface area contributed by atoms with Crippen molar-refractivity contribution < 1.29 is 24.2 Å². The number of nitrogens with one attached hydrogen (secondary N) is 1. The lowest BCUT2D eigenvalue weighted by Crippen LogP contribution is -2.60. The van der Waals surface area contributed by atoms with Crippen LogP contribution >= 0.6 is 0 Å². The van der Waals surface area contributed by atoms with Crippen LogP contribution in [0.1, 0.15) is 18.4 Å². The van der Waals surface area contributed by atoms with Gasteiger partial charge in [-0.2, -0.15) is 0 Å². The van der Waals surface area contributed by atoms with E-state index in [0.717, 1.165) is 5.56 Å². The number of hydrogen-bond donors (Lipinski definition) is 2. The number of aliphatic hydroxyl groups is 1. The highest BCUT2D eigenvalue weighted by molar-refractivity contribution is 5.86. The number of benzene rings is 1. The fraction of sp³-hybridized carbons (Fsp3) is 0.579. The Kier molecular flexibility index (Phi) is 5.86. The highest BCUT2D eigenvalue weighted by Crippen LogP contribution is 2.33. The number of carbonyl (C=O) groups excluding carboxylic acids is 2. The Hall–Kier alpha value is -2.32. The minimum atomic E-state index is -1.47. The molecule has 0 aromatic heterocycles. The first kappa shape index (κ1) is 19.4. The smallest absolute Gasteiger partial charge is 0.256 e. The van der Waals surface area contributed by atoms with Gasteiger partial charge in [0.1, 0.15) is 0 Å². The second kappa shape index (κ2) is 8.14. The average Bonchev–Trinajstić information content (AvgIpc) is 2.65. The third-order valence-corrected chi connectivity index (χ3v) is 5.15. The lowest BCUT2D eigenvalue weighted by molar-refractivity contribution is -0.161. The molecule has 8 heteroatoms. The quantitative estimate of drug-likeness (QED) is 0.725. The van der Waals surface area contributed by atoms with E-state index in [4.69, 9.17) is 9.47 Å². The van der Waals surface area contributed by atoms with Crippen LogP contribution in [0.4, 0.5) is 0 Å². The Morgan fingerprint density at radius 2 is 2.04 bits per heavy atom. The van der Waals surface area contributed by atoms with Gasteiger partial charge < -0.3 is 24.8 Å². The number of likely N-dealkylation sites (tertiary alicyclic amines) is 1. The molecule has 2 saturated heterocycles. The lowest BCUT2D eigenvalue weighted by atomic mass is 9.90. The summed E-state index contributed by atoms with van der Waals surface area (Å²) in [5.41, 5.74) is -0.645. The van der Waals surface area contributed by atoms with Crippen LogP contribution in [0.3, 0.4) is 0 Å². The van der Waals surface area contributed by atoms with Crippen LogP contribution < -0.4 is 14.8 Å². The first-order valence-corrected chi connectivity index (χ1v) is 9.17. The topological polar surface area (TPSA) is 91.3 Å². The molecule has 2 aliphatic rings. The van der Waals surface area contributed by atoms with E-state index >= 15 is 0 Å². The first-order valence-electron chi connectivity index (χ1n) is 9.17. The summed E-state index contributed by atoms with van der Waals surface area (Å²) in [4.78, 5) is 28.1. The number of piperazine rings is 1. The third kappa shape index (κ3) is 4.17. The molecule has 2 fully saturated rings. The van der Waals surface area contributed by atoms with Gasteiger partial charge in [0.25, 0.3) is 5.91 Å². The van der Waals surface area contributed by atoms with Gasteiger partial charge in [0.2, 0.25) is 5.91 Å². The predicted molar refractivity (Wildman–Crippen MR) is 98.6 cm³/mol. The first-order chi connectivity index (χ1) is 13.0. The van der Waals surface area contributed by atoms with E-state index in [9.17, 15) is 14.7 Å². The van der Waals surface area contributed by atoms with Gasteiger partial charge in [-0.15, -0.1) is 0 Å². The molecule has 0 bridgehead atoms. The number of carbonyl (C=O) groups is 2. The maximum absolute atomic E-state index is 13.0. The summed E-state index contributed by atoms with van der Waals surface area (Å²) in [6, 6.07) is 5.54. The summed E-state index contributed by atoms with van der Waals surface area (Å²) in [7, 11) is 3.14. The molecule has 8 nitrogen and oxygen atoms in total. The van der Waals surface area contributed by atoms with Gasteiger partial charge in [-0.25, -0.2) is 0 Å². The van der Waals surface area contributed by atoms with E-state index in [1.165, 1.54) is 0 Å². The SMILES string of the molecule is COc1cccc(CN2CCCC(O)(CN3CCNC(=O)C3)C2=O)c1OC. The molecule has 1 aromatic carbocycles. The summed E-state index contributed by atoms with van der Waals surface area (Å²) >= 11 is 0. The number of β-amino-alcohol motifs (C(OH)–C–C–N with tert-alkyl or cyclic N) is 1. The highest BCUT2D eigenvalue weighted by Gasteiger charge is 2.44. The van der Waals surface area contributed by atoms with Crippen molar-refractivity contribution >= 4 is 11.8 Å². The van der Waals surface area contributed by atoms with Gasteiger partial charge in [-0.05, 0) is 18.9 Å². The molecule has 2 aliphatic heterocycles. The maximum atomic E-state index is 13.0. The molecule has 27 heavy (non-hydrogen) atoms. The number of nitrogens with zero attached hydrogens (tertiary/aromatic N) is 2. The number of piperidine rings is 1. The zero-order valence-electron chi connectivity index (χ0n) is 15.9. The molecule has 0 saturated carbocycles. The predicted octanol–water partition coefficient (Wildman–Crippen LogP) is -0.0109. The second-order valence-electron chi connectivity index (χ2n) is 7.08. The van der Waals surface area contributed by atoms with Crippen LogP contribution in [0, 0.1) is 0 Å². The van der Waals surface area contributed by atoms with Crippen molar-refractivity contribution in [2.24, 2.45) is 0 Å². The van der Waals surface area contributed by atoms with Crippen LogP contribution in [-0.4, -0.2) is 79.3 Å². The summed E-state index contributed by atoms with van der Waals surface area (Å²) in [6.07, 6.45) is 1.10. The van der Waals surface area contributed by atoms with E-state index in [1.807, 2.05) is 17.0 Å². The number of hydrogen-bond acceptors (Lipinski definition) is 6. The summed E-state index contributed by atoms with van der Waals surface area (Å²) in [5, 5.41) is 13.8. The molecule has 3 rings (SSSR count). The summed E-state index contributed by atoms with van der Waals surface area (Å²) in [5.74, 6) is 0.819. The average molecular weight is 377 g/mol. The number of methoxy groups -OCH3 is 2. The molecule has 0 aliphatic carbocycles. The molecule has 1 aromatic rings. The fourth-order valence-corrected chi connectivity index (χ4v) is 3.84. The highest BCUT2D eigenvalue weighted by atomic mass is 16.5. The van der Waals surface area contributed by atoms with Crippen molar-refractivity contribution in [3.8, 4) is 11.5 Å². The van der Waals surface area contributed by atoms with E-state index in [1.54, 1.807) is 25.2 Å². The third-order valence-electron chi connectivity index (χ3n) is 5.15. The molecular formula is C19H27N3O5. The Morgan fingerprint density at radius 1 is 1.22 bits per heavy atom. The van der Waals surface area contributed by atoms with Crippen molar-refractivity contribution in [2.45, 2.75) is 25.0 Å². The number of amides is 2. The minimum Gasteiger partial charge on any atom is -0.493 e. The van der Waals surface area contributed by atoms with Crippen LogP contribution in [0.2, 0.25) is 0 Å². The number of rotatable bonds is 6. The number of ether oxygens (including phenoxy) is 2. The zero-order chi connectivity index (χ0) is 19.4. The molecule has 148 valence electrons. The van der Waals surface area contributed by atoms with E-state index in [0.29, 0.717) is 50.5 Å². The van der Waals surface area contributed by atoms with E-state index in [-0.39, 0.29) is 24.9 Å². The largest absolute Gasteiger partial charge is 0.493 e. The minimum absolute atomic E-state index is 0.0777. The van der Waals surface area contributed by atoms with Gasteiger partial charge in [0.05, 0.1) is 20.8 Å². The maximum Gasteiger partial charge on any atom is 0.256 e. The van der Waals surface area contributed by atoms with Crippen LogP contribution in [0.5, 0.6) is 11.5 Å². The molecule has 0 radical (unpaired) electrons. The number of para-hydroxylation sites is 1. The van der Waals surface area contributed by atoms with Crippen molar-refractivity contribution in [3.05, 3.63) is 23.8 Å². The second-order valence-corrected chi connectivity index (χ2v) is 7.08. The fourth-order valence-electron chi connectivity index (χ4n) is 3.84. The Bertz CT molecular complexity index is 711. The van der Waals surface area contributed by atoms with Crippen molar-refractivity contribution in [1.29, 1.82) is 0 Å². The zero-order valence-corrected chi connectivity index (χ0v) is 15.9. The molecule has 1 atom stereocenters. The Morgan fingerprint density at radius 3 is 2.74 bits per heavy atom. The van der Waals surface area contributed by atoms with Gasteiger partial charge in [0.15, 0.2) is 17.1 Å². The van der Waals surface area contributed by atoms with E-state index < -0.39 is 5.60 Å². The molecule has 2 amide bonds. The molecular weight excluding hydrogens is 350 g/mol. The Labute approximate surface area is 159 Å². The van der Waals surface area contributed by atoms with Gasteiger partial charge in [0, 0.05) is 38.3 Å². The molecule has 2 N–H and O–H groups in total. The monoisotopic (exact) mass is 377 g/mol. The van der Waals surface area contributed by atoms with Crippen molar-refractivity contribution in [1.82, 2.24) is 15.1 Å². The van der Waals surface area contributed by atoms with Crippen LogP contribution in [0.15, 0.2) is 18.2 Å². The molecule has 0 spiro atoms. The van der Waals surface area contributed by atoms with Crippen molar-refractivity contribution in [3.63, 3.8) is 0 Å². The summed E-state index contributed by atoms with van der Waals surface area (Å²) in [6.45, 7) is 2.45. The molecule has 1 unspecified atom stereocenters. The Balaban J connectivity index is 1.74. The normalized spacial score (nSPS) is 23.9.